The molecule has 1 unspecified atom stereocenters. The molecule has 1 aliphatic carbocycles. The van der Waals surface area contributed by atoms with Crippen LogP contribution in [0, 0.1) is 5.92 Å². The van der Waals surface area contributed by atoms with Gasteiger partial charge in [0.1, 0.15) is 0 Å². The third-order valence-corrected chi connectivity index (χ3v) is 6.25. The molecule has 0 radical (unpaired) electrons. The summed E-state index contributed by atoms with van der Waals surface area (Å²) in [6, 6.07) is 10.6. The Morgan fingerprint density at radius 1 is 1.00 bits per heavy atom. The van der Waals surface area contributed by atoms with Crippen LogP contribution in [-0.4, -0.2) is 28.4 Å². The highest BCUT2D eigenvalue weighted by molar-refractivity contribution is 6.31. The summed E-state index contributed by atoms with van der Waals surface area (Å²) in [5.74, 6) is 0.423. The molecular weight excluding hydrogens is 344 g/mol. The number of likely N-dealkylation sites (tertiary alicyclic amines) is 1. The fraction of sp³-hybridized carbons (Fsp3) is 0.455. The lowest BCUT2D eigenvalue weighted by molar-refractivity contribution is -0.133. The van der Waals surface area contributed by atoms with E-state index in [4.69, 9.17) is 11.6 Å². The van der Waals surface area contributed by atoms with Crippen molar-refractivity contribution in [3.8, 4) is 11.1 Å². The lowest BCUT2D eigenvalue weighted by Crippen LogP contribution is -2.39. The van der Waals surface area contributed by atoms with Crippen molar-refractivity contribution in [2.75, 3.05) is 6.54 Å². The summed E-state index contributed by atoms with van der Waals surface area (Å²) in [7, 11) is 0. The Hall–Kier alpha value is -1.87. The number of nitrogens with zero attached hydrogens (tertiary/aromatic N) is 2. The number of rotatable bonds is 4. The quantitative estimate of drug-likeness (QED) is 0.749. The maximum atomic E-state index is 12.9. The van der Waals surface area contributed by atoms with Crippen LogP contribution in [0.4, 0.5) is 0 Å². The van der Waals surface area contributed by atoms with Gasteiger partial charge in [-0.25, -0.2) is 0 Å². The second kappa shape index (κ2) is 7.79. The minimum atomic E-state index is 0.0844. The van der Waals surface area contributed by atoms with Crippen LogP contribution in [0.15, 0.2) is 42.7 Å². The summed E-state index contributed by atoms with van der Waals surface area (Å²) < 4.78 is 0. The summed E-state index contributed by atoms with van der Waals surface area (Å²) in [5, 5.41) is 0.753. The average Bonchev–Trinajstić information content (AvgIpc) is 3.05. The topological polar surface area (TPSA) is 33.2 Å². The first-order valence-electron chi connectivity index (χ1n) is 9.71. The van der Waals surface area contributed by atoms with E-state index in [9.17, 15) is 4.79 Å². The highest BCUT2D eigenvalue weighted by Crippen LogP contribution is 2.32. The Balaban J connectivity index is 1.45. The monoisotopic (exact) mass is 368 g/mol. The van der Waals surface area contributed by atoms with Crippen LogP contribution in [0.2, 0.25) is 5.02 Å². The van der Waals surface area contributed by atoms with Gasteiger partial charge in [0.05, 0.1) is 0 Å². The maximum absolute atomic E-state index is 12.9. The summed E-state index contributed by atoms with van der Waals surface area (Å²) >= 11 is 6.55. The number of hydrogen-bond acceptors (Lipinski definition) is 2. The second-order valence-electron chi connectivity index (χ2n) is 7.56. The smallest absolute Gasteiger partial charge is 0.226 e. The minimum absolute atomic E-state index is 0.0844. The number of halogens is 1. The third kappa shape index (κ3) is 3.64. The Kier molecular flexibility index (Phi) is 5.26. The first-order chi connectivity index (χ1) is 12.7. The summed E-state index contributed by atoms with van der Waals surface area (Å²) in [4.78, 5) is 19.1. The summed E-state index contributed by atoms with van der Waals surface area (Å²) in [6.07, 6.45) is 11.5. The average molecular weight is 369 g/mol. The fourth-order valence-corrected chi connectivity index (χ4v) is 4.67. The van der Waals surface area contributed by atoms with E-state index in [0.717, 1.165) is 41.1 Å². The maximum Gasteiger partial charge on any atom is 0.226 e. The molecule has 3 nitrogen and oxygen atoms in total. The van der Waals surface area contributed by atoms with Crippen LogP contribution in [0.3, 0.4) is 0 Å². The molecule has 0 spiro atoms. The van der Waals surface area contributed by atoms with E-state index in [1.165, 1.54) is 32.1 Å². The molecule has 2 fully saturated rings. The van der Waals surface area contributed by atoms with Gasteiger partial charge in [-0.2, -0.15) is 0 Å². The van der Waals surface area contributed by atoms with E-state index in [1.807, 2.05) is 18.2 Å². The van der Waals surface area contributed by atoms with Crippen molar-refractivity contribution in [1.82, 2.24) is 9.88 Å². The van der Waals surface area contributed by atoms with Gasteiger partial charge in [-0.3, -0.25) is 9.78 Å². The number of pyridine rings is 1. The normalized spacial score (nSPS) is 21.3. The van der Waals surface area contributed by atoms with Crippen molar-refractivity contribution in [2.24, 2.45) is 5.92 Å². The molecule has 1 atom stereocenters. The second-order valence-corrected chi connectivity index (χ2v) is 7.96. The van der Waals surface area contributed by atoms with Crippen LogP contribution in [-0.2, 0) is 11.2 Å². The predicted molar refractivity (Wildman–Crippen MR) is 105 cm³/mol. The number of carbonyl (C=O) groups is 1. The molecule has 1 saturated heterocycles. The Bertz CT molecular complexity index is 771. The molecule has 2 aromatic rings. The Morgan fingerprint density at radius 3 is 2.50 bits per heavy atom. The van der Waals surface area contributed by atoms with E-state index in [0.29, 0.717) is 11.9 Å². The van der Waals surface area contributed by atoms with Gasteiger partial charge in [0, 0.05) is 35.9 Å². The molecule has 2 heterocycles. The Labute approximate surface area is 160 Å². The van der Waals surface area contributed by atoms with Gasteiger partial charge in [-0.15, -0.1) is 0 Å². The predicted octanol–water partition coefficient (Wildman–Crippen LogP) is 5.13. The molecule has 2 aliphatic rings. The largest absolute Gasteiger partial charge is 0.339 e. The number of aromatic nitrogens is 1. The van der Waals surface area contributed by atoms with Gasteiger partial charge in [-0.1, -0.05) is 43.0 Å². The zero-order chi connectivity index (χ0) is 17.9. The summed E-state index contributed by atoms with van der Waals surface area (Å²) in [5.41, 5.74) is 3.27. The molecule has 1 amide bonds. The number of carbonyl (C=O) groups excluding carboxylic acids is 1. The van der Waals surface area contributed by atoms with Gasteiger partial charge in [-0.05, 0) is 60.6 Å². The van der Waals surface area contributed by atoms with Crippen molar-refractivity contribution in [1.29, 1.82) is 0 Å². The standard InChI is InChI=1S/C22H25ClN2O/c23-21-15-17(16-8-11-24-12-9-16)6-7-18(21)14-19-10-13-25(22(19)26)20-4-2-1-3-5-20/h6-9,11-12,15,19-20H,1-5,10,13-14H2. The number of hydrogen-bond donors (Lipinski definition) is 0. The third-order valence-electron chi connectivity index (χ3n) is 5.90. The van der Waals surface area contributed by atoms with Crippen molar-refractivity contribution < 1.29 is 4.79 Å². The number of amides is 1. The molecule has 1 aliphatic heterocycles. The molecular formula is C22H25ClN2O. The SMILES string of the molecule is O=C1C(Cc2ccc(-c3ccncc3)cc2Cl)CCN1C1CCCCC1. The van der Waals surface area contributed by atoms with Gasteiger partial charge in [0.15, 0.2) is 0 Å². The van der Waals surface area contributed by atoms with Crippen LogP contribution in [0.1, 0.15) is 44.1 Å². The van der Waals surface area contributed by atoms with E-state index >= 15 is 0 Å². The molecule has 1 saturated carbocycles. The number of benzene rings is 1. The highest BCUT2D eigenvalue weighted by atomic mass is 35.5. The molecule has 26 heavy (non-hydrogen) atoms. The van der Waals surface area contributed by atoms with Gasteiger partial charge >= 0.3 is 0 Å². The van der Waals surface area contributed by atoms with Crippen molar-refractivity contribution in [3.63, 3.8) is 0 Å². The lowest BCUT2D eigenvalue weighted by Gasteiger charge is -2.31. The zero-order valence-corrected chi connectivity index (χ0v) is 15.8. The van der Waals surface area contributed by atoms with Gasteiger partial charge in [0.2, 0.25) is 5.91 Å². The Morgan fingerprint density at radius 2 is 1.77 bits per heavy atom. The van der Waals surface area contributed by atoms with Crippen LogP contribution in [0.5, 0.6) is 0 Å². The molecule has 4 heteroatoms. The van der Waals surface area contributed by atoms with E-state index in [1.54, 1.807) is 12.4 Å². The summed E-state index contributed by atoms with van der Waals surface area (Å²) in [6.45, 7) is 0.918. The lowest BCUT2D eigenvalue weighted by atomic mass is 9.93. The van der Waals surface area contributed by atoms with Gasteiger partial charge < -0.3 is 4.90 Å². The van der Waals surface area contributed by atoms with Crippen molar-refractivity contribution in [3.05, 3.63) is 53.3 Å². The highest BCUT2D eigenvalue weighted by Gasteiger charge is 2.36. The van der Waals surface area contributed by atoms with Crippen LogP contribution < -0.4 is 0 Å². The molecule has 1 aromatic heterocycles. The first kappa shape index (κ1) is 17.5. The first-order valence-corrected chi connectivity index (χ1v) is 10.1. The van der Waals surface area contributed by atoms with Crippen LogP contribution >= 0.6 is 11.6 Å². The van der Waals surface area contributed by atoms with E-state index in [2.05, 4.69) is 22.0 Å². The fourth-order valence-electron chi connectivity index (χ4n) is 4.41. The molecule has 136 valence electrons. The minimum Gasteiger partial charge on any atom is -0.339 e. The van der Waals surface area contributed by atoms with E-state index in [-0.39, 0.29) is 5.92 Å². The molecule has 0 bridgehead atoms. The van der Waals surface area contributed by atoms with Gasteiger partial charge in [0.25, 0.3) is 0 Å². The van der Waals surface area contributed by atoms with E-state index < -0.39 is 0 Å². The molecule has 1 aromatic carbocycles. The molecule has 0 N–H and O–H groups in total. The van der Waals surface area contributed by atoms with Crippen molar-refractivity contribution in [2.45, 2.75) is 51.0 Å². The molecule has 4 rings (SSSR count). The zero-order valence-electron chi connectivity index (χ0n) is 15.0. The van der Waals surface area contributed by atoms with Crippen LogP contribution in [0.25, 0.3) is 11.1 Å². The van der Waals surface area contributed by atoms with Crippen molar-refractivity contribution >= 4 is 17.5 Å².